The van der Waals surface area contributed by atoms with Gasteiger partial charge in [0.15, 0.2) is 5.11 Å². The number of aromatic nitrogens is 2. The summed E-state index contributed by atoms with van der Waals surface area (Å²) in [6, 6.07) is 2.11. The molecule has 3 saturated heterocycles. The van der Waals surface area contributed by atoms with Crippen molar-refractivity contribution in [3.05, 3.63) is 6.07 Å². The van der Waals surface area contributed by atoms with E-state index in [1.165, 1.54) is 12.8 Å². The van der Waals surface area contributed by atoms with Gasteiger partial charge in [-0.1, -0.05) is 6.92 Å². The molecule has 0 bridgehead atoms. The Kier molecular flexibility index (Phi) is 6.99. The molecule has 4 rings (SSSR count). The summed E-state index contributed by atoms with van der Waals surface area (Å²) in [5.74, 6) is 3.23. The molecular weight excluding hydrogens is 388 g/mol. The van der Waals surface area contributed by atoms with Crippen LogP contribution in [0.3, 0.4) is 0 Å². The molecule has 3 aliphatic heterocycles. The maximum absolute atomic E-state index is 5.65. The van der Waals surface area contributed by atoms with E-state index in [4.69, 9.17) is 31.7 Å². The van der Waals surface area contributed by atoms with Gasteiger partial charge < -0.3 is 29.9 Å². The first kappa shape index (κ1) is 20.6. The van der Waals surface area contributed by atoms with Crippen LogP contribution in [0, 0.1) is 5.92 Å². The van der Waals surface area contributed by atoms with Gasteiger partial charge in [0.2, 0.25) is 5.95 Å². The third-order valence-electron chi connectivity index (χ3n) is 5.88. The molecule has 0 aliphatic carbocycles. The Bertz CT molecular complexity index is 686. The van der Waals surface area contributed by atoms with E-state index >= 15 is 0 Å². The van der Waals surface area contributed by atoms with Crippen molar-refractivity contribution in [3.63, 3.8) is 0 Å². The van der Waals surface area contributed by atoms with E-state index in [1.54, 1.807) is 0 Å². The molecule has 3 fully saturated rings. The molecule has 0 spiro atoms. The molecule has 0 radical (unpaired) electrons. The normalized spacial score (nSPS) is 23.3. The number of anilines is 3. The summed E-state index contributed by atoms with van der Waals surface area (Å²) in [5.41, 5.74) is 0. The van der Waals surface area contributed by atoms with Gasteiger partial charge in [0.05, 0.1) is 19.3 Å². The Balaban J connectivity index is 1.46. The predicted molar refractivity (Wildman–Crippen MR) is 119 cm³/mol. The van der Waals surface area contributed by atoms with Crippen molar-refractivity contribution in [3.8, 4) is 0 Å². The summed E-state index contributed by atoms with van der Waals surface area (Å²) in [5, 5.41) is 6.98. The van der Waals surface area contributed by atoms with Crippen LogP contribution in [-0.2, 0) is 9.47 Å². The molecule has 160 valence electrons. The first-order chi connectivity index (χ1) is 14.2. The van der Waals surface area contributed by atoms with Gasteiger partial charge in [-0.25, -0.2) is 0 Å². The number of rotatable bonds is 5. The summed E-state index contributed by atoms with van der Waals surface area (Å²) in [7, 11) is 0. The summed E-state index contributed by atoms with van der Waals surface area (Å²) in [4.78, 5) is 14.2. The fourth-order valence-electron chi connectivity index (χ4n) is 3.99. The topological polar surface area (TPSA) is 74.8 Å². The van der Waals surface area contributed by atoms with Crippen LogP contribution in [0.25, 0.3) is 0 Å². The van der Waals surface area contributed by atoms with Crippen molar-refractivity contribution in [1.82, 2.24) is 15.3 Å². The molecule has 0 aromatic carbocycles. The van der Waals surface area contributed by atoms with Gasteiger partial charge in [-0.05, 0) is 43.8 Å². The summed E-state index contributed by atoms with van der Waals surface area (Å²) >= 11 is 5.48. The monoisotopic (exact) mass is 420 g/mol. The van der Waals surface area contributed by atoms with Crippen LogP contribution >= 0.6 is 12.2 Å². The number of thiocarbonyl (C=S) groups is 1. The number of nitrogens with zero attached hydrogens (tertiary/aromatic N) is 4. The molecular formula is C20H32N6O2S. The van der Waals surface area contributed by atoms with Crippen LogP contribution < -0.4 is 20.4 Å². The smallest absolute Gasteiger partial charge is 0.232 e. The number of ether oxygens (including phenoxy) is 2. The Hall–Kier alpha value is -1.71. The fraction of sp³-hybridized carbons (Fsp3) is 0.750. The van der Waals surface area contributed by atoms with Gasteiger partial charge in [-0.3, -0.25) is 0 Å². The highest BCUT2D eigenvalue weighted by Gasteiger charge is 2.21. The molecule has 4 heterocycles. The minimum absolute atomic E-state index is 0.237. The highest BCUT2D eigenvalue weighted by atomic mass is 32.1. The molecule has 0 amide bonds. The number of hydrogen-bond acceptors (Lipinski definition) is 7. The lowest BCUT2D eigenvalue weighted by Crippen LogP contribution is -2.38. The minimum Gasteiger partial charge on any atom is -0.378 e. The average molecular weight is 421 g/mol. The second-order valence-corrected chi connectivity index (χ2v) is 8.56. The zero-order valence-electron chi connectivity index (χ0n) is 17.2. The second kappa shape index (κ2) is 9.86. The average Bonchev–Trinajstić information content (AvgIpc) is 3.27. The number of morpholine rings is 1. The highest BCUT2D eigenvalue weighted by molar-refractivity contribution is 7.80. The fourth-order valence-corrected chi connectivity index (χ4v) is 4.16. The van der Waals surface area contributed by atoms with Gasteiger partial charge in [-0.2, -0.15) is 9.97 Å². The van der Waals surface area contributed by atoms with Gasteiger partial charge in [0, 0.05) is 45.4 Å². The van der Waals surface area contributed by atoms with E-state index in [0.29, 0.717) is 17.6 Å². The van der Waals surface area contributed by atoms with Gasteiger partial charge >= 0.3 is 0 Å². The molecule has 8 nitrogen and oxygen atoms in total. The molecule has 29 heavy (non-hydrogen) atoms. The molecule has 2 N–H and O–H groups in total. The van der Waals surface area contributed by atoms with Crippen molar-refractivity contribution in [2.75, 3.05) is 67.7 Å². The number of piperidine rings is 1. The Morgan fingerprint density at radius 3 is 2.41 bits per heavy atom. The van der Waals surface area contributed by atoms with Crippen molar-refractivity contribution in [2.24, 2.45) is 5.92 Å². The second-order valence-electron chi connectivity index (χ2n) is 8.15. The van der Waals surface area contributed by atoms with Crippen molar-refractivity contribution in [2.45, 2.75) is 38.7 Å². The van der Waals surface area contributed by atoms with Crippen molar-refractivity contribution in [1.29, 1.82) is 0 Å². The summed E-state index contributed by atoms with van der Waals surface area (Å²) < 4.78 is 11.2. The van der Waals surface area contributed by atoms with E-state index in [2.05, 4.69) is 33.4 Å². The van der Waals surface area contributed by atoms with E-state index < -0.39 is 0 Å². The zero-order chi connectivity index (χ0) is 20.1. The molecule has 9 heteroatoms. The van der Waals surface area contributed by atoms with Crippen LogP contribution in [0.1, 0.15) is 32.6 Å². The zero-order valence-corrected chi connectivity index (χ0v) is 18.0. The first-order valence-electron chi connectivity index (χ1n) is 10.8. The standard InChI is InChI=1S/C20H32N6O2S/c1-15-4-6-25(7-5-15)17-13-18(26-8-11-27-12-9-26)23-19(22-17)24-20(29)21-14-16-3-2-10-28-16/h13,15-16H,2-12,14H2,1H3,(H2,21,22,23,24,29)/t16-/m0/s1. The van der Waals surface area contributed by atoms with Crippen LogP contribution in [-0.4, -0.2) is 73.7 Å². The summed E-state index contributed by atoms with van der Waals surface area (Å²) in [6.45, 7) is 9.07. The Labute approximate surface area is 178 Å². The van der Waals surface area contributed by atoms with Crippen molar-refractivity contribution < 1.29 is 9.47 Å². The lowest BCUT2D eigenvalue weighted by atomic mass is 9.99. The van der Waals surface area contributed by atoms with Gasteiger partial charge in [0.25, 0.3) is 0 Å². The SMILES string of the molecule is CC1CCN(c2cc(N3CCOCC3)nc(NC(=S)NC[C@@H]3CCCO3)n2)CC1. The third kappa shape index (κ3) is 5.67. The molecule has 3 aliphatic rings. The van der Waals surface area contributed by atoms with Crippen LogP contribution in [0.15, 0.2) is 6.07 Å². The van der Waals surface area contributed by atoms with E-state index in [9.17, 15) is 0 Å². The first-order valence-corrected chi connectivity index (χ1v) is 11.2. The Morgan fingerprint density at radius 1 is 1.07 bits per heavy atom. The largest absolute Gasteiger partial charge is 0.378 e. The predicted octanol–water partition coefficient (Wildman–Crippen LogP) is 2.01. The number of hydrogen-bond donors (Lipinski definition) is 2. The number of nitrogens with one attached hydrogen (secondary N) is 2. The maximum atomic E-state index is 5.65. The van der Waals surface area contributed by atoms with Crippen LogP contribution in [0.5, 0.6) is 0 Å². The van der Waals surface area contributed by atoms with Crippen LogP contribution in [0.4, 0.5) is 17.6 Å². The summed E-state index contributed by atoms with van der Waals surface area (Å²) in [6.07, 6.45) is 4.83. The van der Waals surface area contributed by atoms with Gasteiger partial charge in [-0.15, -0.1) is 0 Å². The lowest BCUT2D eigenvalue weighted by Gasteiger charge is -2.33. The lowest BCUT2D eigenvalue weighted by molar-refractivity contribution is 0.114. The molecule has 1 aromatic rings. The van der Waals surface area contributed by atoms with Crippen molar-refractivity contribution >= 4 is 34.9 Å². The Morgan fingerprint density at radius 2 is 1.76 bits per heavy atom. The third-order valence-corrected chi connectivity index (χ3v) is 6.13. The molecule has 0 saturated carbocycles. The van der Waals surface area contributed by atoms with Gasteiger partial charge in [0.1, 0.15) is 11.6 Å². The molecule has 0 unspecified atom stereocenters. The van der Waals surface area contributed by atoms with E-state index in [1.807, 2.05) is 0 Å². The molecule has 1 aromatic heterocycles. The molecule has 1 atom stereocenters. The quantitative estimate of drug-likeness (QED) is 0.696. The minimum atomic E-state index is 0.237. The maximum Gasteiger partial charge on any atom is 0.232 e. The highest BCUT2D eigenvalue weighted by Crippen LogP contribution is 2.26. The van der Waals surface area contributed by atoms with E-state index in [0.717, 1.165) is 76.4 Å². The van der Waals surface area contributed by atoms with E-state index in [-0.39, 0.29) is 6.10 Å². The van der Waals surface area contributed by atoms with Crippen LogP contribution in [0.2, 0.25) is 0 Å².